The SMILES string of the molecule is CCCNC(=O)CC(Nc1ccc(Cl)cc1)C(N)=O. The molecule has 0 spiro atoms. The fourth-order valence-electron chi connectivity index (χ4n) is 1.49. The lowest BCUT2D eigenvalue weighted by Crippen LogP contribution is -2.40. The zero-order chi connectivity index (χ0) is 14.3. The summed E-state index contributed by atoms with van der Waals surface area (Å²) in [5, 5.41) is 6.22. The van der Waals surface area contributed by atoms with Crippen LogP contribution in [0.15, 0.2) is 24.3 Å². The molecule has 4 N–H and O–H groups in total. The monoisotopic (exact) mass is 283 g/mol. The van der Waals surface area contributed by atoms with E-state index in [0.717, 1.165) is 6.42 Å². The average molecular weight is 284 g/mol. The Morgan fingerprint density at radius 2 is 1.95 bits per heavy atom. The highest BCUT2D eigenvalue weighted by atomic mass is 35.5. The van der Waals surface area contributed by atoms with Crippen molar-refractivity contribution in [1.29, 1.82) is 0 Å². The van der Waals surface area contributed by atoms with Crippen molar-refractivity contribution >= 4 is 29.1 Å². The Hall–Kier alpha value is -1.75. The predicted octanol–water partition coefficient (Wildman–Crippen LogP) is 1.52. The molecule has 0 aromatic heterocycles. The van der Waals surface area contributed by atoms with Gasteiger partial charge < -0.3 is 16.4 Å². The topological polar surface area (TPSA) is 84.2 Å². The maximum Gasteiger partial charge on any atom is 0.240 e. The number of primary amides is 1. The molecule has 5 nitrogen and oxygen atoms in total. The Kier molecular flexibility index (Phi) is 6.15. The minimum Gasteiger partial charge on any atom is -0.373 e. The number of nitrogens with one attached hydrogen (secondary N) is 2. The van der Waals surface area contributed by atoms with E-state index in [-0.39, 0.29) is 12.3 Å². The van der Waals surface area contributed by atoms with Gasteiger partial charge in [0, 0.05) is 17.3 Å². The summed E-state index contributed by atoms with van der Waals surface area (Å²) >= 11 is 5.77. The van der Waals surface area contributed by atoms with Crippen LogP contribution in [0.3, 0.4) is 0 Å². The Morgan fingerprint density at radius 3 is 2.47 bits per heavy atom. The van der Waals surface area contributed by atoms with E-state index in [2.05, 4.69) is 10.6 Å². The molecule has 1 aromatic carbocycles. The minimum atomic E-state index is -0.738. The lowest BCUT2D eigenvalue weighted by Gasteiger charge is -2.16. The molecule has 1 aromatic rings. The molecular formula is C13H18ClN3O2. The summed E-state index contributed by atoms with van der Waals surface area (Å²) in [7, 11) is 0. The zero-order valence-corrected chi connectivity index (χ0v) is 11.5. The van der Waals surface area contributed by atoms with Crippen LogP contribution in [0, 0.1) is 0 Å². The number of nitrogens with two attached hydrogens (primary N) is 1. The van der Waals surface area contributed by atoms with Crippen molar-refractivity contribution in [2.75, 3.05) is 11.9 Å². The molecule has 0 aliphatic carbocycles. The number of hydrogen-bond donors (Lipinski definition) is 3. The van der Waals surface area contributed by atoms with E-state index >= 15 is 0 Å². The van der Waals surface area contributed by atoms with Crippen LogP contribution in [-0.2, 0) is 9.59 Å². The molecule has 19 heavy (non-hydrogen) atoms. The molecule has 6 heteroatoms. The van der Waals surface area contributed by atoms with E-state index in [0.29, 0.717) is 17.3 Å². The van der Waals surface area contributed by atoms with Gasteiger partial charge >= 0.3 is 0 Å². The molecule has 2 amide bonds. The van der Waals surface area contributed by atoms with Crippen LogP contribution >= 0.6 is 11.6 Å². The van der Waals surface area contributed by atoms with Gasteiger partial charge in [0.05, 0.1) is 6.42 Å². The lowest BCUT2D eigenvalue weighted by molar-refractivity contribution is -0.125. The van der Waals surface area contributed by atoms with Crippen LogP contribution in [0.5, 0.6) is 0 Å². The highest BCUT2D eigenvalue weighted by molar-refractivity contribution is 6.30. The molecule has 1 atom stereocenters. The van der Waals surface area contributed by atoms with Crippen molar-refractivity contribution in [2.24, 2.45) is 5.73 Å². The molecule has 0 fully saturated rings. The van der Waals surface area contributed by atoms with Crippen molar-refractivity contribution < 1.29 is 9.59 Å². The first kappa shape index (κ1) is 15.3. The van der Waals surface area contributed by atoms with Gasteiger partial charge in [-0.1, -0.05) is 18.5 Å². The van der Waals surface area contributed by atoms with Crippen molar-refractivity contribution in [3.63, 3.8) is 0 Å². The molecule has 0 aliphatic heterocycles. The Bertz CT molecular complexity index is 434. The molecule has 1 rings (SSSR count). The quantitative estimate of drug-likeness (QED) is 0.709. The van der Waals surface area contributed by atoms with Crippen LogP contribution in [0.1, 0.15) is 19.8 Å². The van der Waals surface area contributed by atoms with E-state index in [4.69, 9.17) is 17.3 Å². The van der Waals surface area contributed by atoms with Crippen molar-refractivity contribution in [1.82, 2.24) is 5.32 Å². The Balaban J connectivity index is 2.60. The van der Waals surface area contributed by atoms with E-state index in [1.807, 2.05) is 6.92 Å². The molecule has 0 saturated carbocycles. The van der Waals surface area contributed by atoms with E-state index in [1.54, 1.807) is 24.3 Å². The maximum atomic E-state index is 11.6. The number of carbonyl (C=O) groups excluding carboxylic acids is 2. The summed E-state index contributed by atoms with van der Waals surface area (Å²) < 4.78 is 0. The first-order valence-corrected chi connectivity index (χ1v) is 6.49. The molecule has 0 saturated heterocycles. The number of carbonyl (C=O) groups is 2. The summed E-state index contributed by atoms with van der Waals surface area (Å²) in [6, 6.07) is 6.10. The second kappa shape index (κ2) is 7.63. The summed E-state index contributed by atoms with van der Waals surface area (Å²) in [5.74, 6) is -0.770. The van der Waals surface area contributed by atoms with Gasteiger partial charge in [-0.2, -0.15) is 0 Å². The minimum absolute atomic E-state index is 0.0119. The van der Waals surface area contributed by atoms with Crippen LogP contribution < -0.4 is 16.4 Å². The van der Waals surface area contributed by atoms with Gasteiger partial charge in [0.1, 0.15) is 6.04 Å². The first-order chi connectivity index (χ1) is 9.02. The van der Waals surface area contributed by atoms with Crippen LogP contribution in [0.4, 0.5) is 5.69 Å². The molecule has 0 heterocycles. The molecule has 0 bridgehead atoms. The largest absolute Gasteiger partial charge is 0.373 e. The maximum absolute atomic E-state index is 11.6. The van der Waals surface area contributed by atoms with Gasteiger partial charge in [0.25, 0.3) is 0 Å². The van der Waals surface area contributed by atoms with Crippen molar-refractivity contribution in [3.8, 4) is 0 Å². The number of hydrogen-bond acceptors (Lipinski definition) is 3. The summed E-state index contributed by atoms with van der Waals surface area (Å²) in [6.07, 6.45) is 0.857. The predicted molar refractivity (Wildman–Crippen MR) is 76.0 cm³/mol. The number of anilines is 1. The van der Waals surface area contributed by atoms with Gasteiger partial charge in [-0.15, -0.1) is 0 Å². The Labute approximate surface area is 117 Å². The smallest absolute Gasteiger partial charge is 0.240 e. The normalized spacial score (nSPS) is 11.7. The highest BCUT2D eigenvalue weighted by Gasteiger charge is 2.18. The second-order valence-electron chi connectivity index (χ2n) is 4.16. The van der Waals surface area contributed by atoms with Crippen molar-refractivity contribution in [3.05, 3.63) is 29.3 Å². The molecule has 104 valence electrons. The first-order valence-electron chi connectivity index (χ1n) is 6.11. The third kappa shape index (κ3) is 5.61. The fourth-order valence-corrected chi connectivity index (χ4v) is 1.62. The van der Waals surface area contributed by atoms with Gasteiger partial charge in [-0.3, -0.25) is 9.59 Å². The summed E-state index contributed by atoms with van der Waals surface area (Å²) in [4.78, 5) is 22.9. The summed E-state index contributed by atoms with van der Waals surface area (Å²) in [6.45, 7) is 2.54. The highest BCUT2D eigenvalue weighted by Crippen LogP contribution is 2.14. The average Bonchev–Trinajstić information content (AvgIpc) is 2.38. The molecule has 0 radical (unpaired) electrons. The Morgan fingerprint density at radius 1 is 1.32 bits per heavy atom. The number of rotatable bonds is 7. The number of benzene rings is 1. The lowest BCUT2D eigenvalue weighted by atomic mass is 10.1. The third-order valence-electron chi connectivity index (χ3n) is 2.49. The van der Waals surface area contributed by atoms with Gasteiger partial charge in [0.2, 0.25) is 11.8 Å². The van der Waals surface area contributed by atoms with Crippen LogP contribution in [-0.4, -0.2) is 24.4 Å². The van der Waals surface area contributed by atoms with E-state index < -0.39 is 11.9 Å². The van der Waals surface area contributed by atoms with Crippen molar-refractivity contribution in [2.45, 2.75) is 25.8 Å². The fraction of sp³-hybridized carbons (Fsp3) is 0.385. The standard InChI is InChI=1S/C13H18ClN3O2/c1-2-7-16-12(18)8-11(13(15)19)17-10-5-3-9(14)4-6-10/h3-6,11,17H,2,7-8H2,1H3,(H2,15,19)(H,16,18). The molecule has 0 aliphatic rings. The number of amides is 2. The summed E-state index contributed by atoms with van der Waals surface area (Å²) in [5.41, 5.74) is 5.98. The van der Waals surface area contributed by atoms with Gasteiger partial charge in [-0.05, 0) is 30.7 Å². The van der Waals surface area contributed by atoms with Crippen LogP contribution in [0.2, 0.25) is 5.02 Å². The van der Waals surface area contributed by atoms with E-state index in [1.165, 1.54) is 0 Å². The second-order valence-corrected chi connectivity index (χ2v) is 4.60. The molecular weight excluding hydrogens is 266 g/mol. The van der Waals surface area contributed by atoms with Gasteiger partial charge in [0.15, 0.2) is 0 Å². The zero-order valence-electron chi connectivity index (χ0n) is 10.8. The molecule has 1 unspecified atom stereocenters. The van der Waals surface area contributed by atoms with Gasteiger partial charge in [-0.25, -0.2) is 0 Å². The number of halogens is 1. The van der Waals surface area contributed by atoms with Crippen LogP contribution in [0.25, 0.3) is 0 Å². The van der Waals surface area contributed by atoms with E-state index in [9.17, 15) is 9.59 Å². The third-order valence-corrected chi connectivity index (χ3v) is 2.74.